The average molecular weight is 441 g/mol. The zero-order chi connectivity index (χ0) is 21.9. The molecule has 5 rings (SSSR count). The van der Waals surface area contributed by atoms with Gasteiger partial charge in [-0.3, -0.25) is 4.98 Å². The maximum atomic E-state index is 5.82. The van der Waals surface area contributed by atoms with Crippen LogP contribution in [0.1, 0.15) is 29.0 Å². The van der Waals surface area contributed by atoms with E-state index >= 15 is 0 Å². The lowest BCUT2D eigenvalue weighted by Crippen LogP contribution is -2.30. The highest BCUT2D eigenvalue weighted by atomic mass is 32.1. The summed E-state index contributed by atoms with van der Waals surface area (Å²) in [6.07, 6.45) is 3.92. The molecule has 2 atom stereocenters. The maximum Gasteiger partial charge on any atom is 0.170 e. The Morgan fingerprint density at radius 1 is 0.938 bits per heavy atom. The van der Waals surface area contributed by atoms with Gasteiger partial charge in [-0.1, -0.05) is 36.4 Å². The number of pyridine rings is 1. The van der Waals surface area contributed by atoms with Crippen LogP contribution in [0.15, 0.2) is 97.3 Å². The first kappa shape index (κ1) is 20.3. The molecule has 0 amide bonds. The number of methoxy groups -OCH3 is 1. The van der Waals surface area contributed by atoms with E-state index in [1.165, 1.54) is 5.56 Å². The molecule has 0 aliphatic carbocycles. The molecule has 4 aromatic rings. The monoisotopic (exact) mass is 440 g/mol. The quantitative estimate of drug-likeness (QED) is 0.425. The molecule has 1 aliphatic heterocycles. The summed E-state index contributed by atoms with van der Waals surface area (Å²) in [4.78, 5) is 6.91. The molecular weight excluding hydrogens is 416 g/mol. The minimum Gasteiger partial charge on any atom is -0.497 e. The van der Waals surface area contributed by atoms with Crippen molar-refractivity contribution in [1.29, 1.82) is 0 Å². The molecule has 1 N–H and O–H groups in total. The molecule has 160 valence electrons. The van der Waals surface area contributed by atoms with Crippen LogP contribution in [0.25, 0.3) is 5.69 Å². The van der Waals surface area contributed by atoms with Crippen LogP contribution in [0.5, 0.6) is 5.75 Å². The Bertz CT molecular complexity index is 1190. The topological polar surface area (TPSA) is 42.3 Å². The highest BCUT2D eigenvalue weighted by molar-refractivity contribution is 7.80. The minimum absolute atomic E-state index is 0.0188. The van der Waals surface area contributed by atoms with Crippen LogP contribution in [0.4, 0.5) is 0 Å². The highest BCUT2D eigenvalue weighted by Crippen LogP contribution is 2.40. The van der Waals surface area contributed by atoms with E-state index in [0.29, 0.717) is 6.54 Å². The van der Waals surface area contributed by atoms with Crippen molar-refractivity contribution in [2.24, 2.45) is 0 Å². The normalized spacial score (nSPS) is 17.9. The lowest BCUT2D eigenvalue weighted by Gasteiger charge is -2.29. The Labute approximate surface area is 193 Å². The van der Waals surface area contributed by atoms with E-state index in [4.69, 9.17) is 17.0 Å². The van der Waals surface area contributed by atoms with E-state index in [1.54, 1.807) is 7.11 Å². The Morgan fingerprint density at radius 3 is 2.44 bits per heavy atom. The standard InChI is InChI=1S/C26H24N4OS/c1-31-21-14-12-20(13-15-21)29-17-7-11-23(29)25-24(22-10-5-6-16-27-22)28-26(32)30(25)18-19-8-3-2-4-9-19/h2-17,24-25H,18H2,1H3,(H,28,32)/t24-,25+/m0/s1. The van der Waals surface area contributed by atoms with Gasteiger partial charge in [0.05, 0.1) is 24.9 Å². The molecule has 1 aliphatic rings. The predicted octanol–water partition coefficient (Wildman–Crippen LogP) is 5.05. The Balaban J connectivity index is 1.58. The van der Waals surface area contributed by atoms with E-state index in [-0.39, 0.29) is 12.1 Å². The largest absolute Gasteiger partial charge is 0.497 e. The fraction of sp³-hybridized carbons (Fsp3) is 0.154. The molecule has 2 aromatic carbocycles. The number of nitrogens with one attached hydrogen (secondary N) is 1. The summed E-state index contributed by atoms with van der Waals surface area (Å²) in [7, 11) is 1.68. The van der Waals surface area contributed by atoms with Crippen LogP contribution < -0.4 is 10.1 Å². The van der Waals surface area contributed by atoms with Gasteiger partial charge >= 0.3 is 0 Å². The van der Waals surface area contributed by atoms with Gasteiger partial charge in [0.25, 0.3) is 0 Å². The summed E-state index contributed by atoms with van der Waals surface area (Å²) >= 11 is 5.82. The first-order chi connectivity index (χ1) is 15.7. The smallest absolute Gasteiger partial charge is 0.170 e. The average Bonchev–Trinajstić information content (AvgIpc) is 3.45. The van der Waals surface area contributed by atoms with Gasteiger partial charge in [0.1, 0.15) is 5.75 Å². The summed E-state index contributed by atoms with van der Waals surface area (Å²) in [6, 6.07) is 28.7. The number of rotatable bonds is 6. The molecule has 1 saturated heterocycles. The molecule has 0 spiro atoms. The summed E-state index contributed by atoms with van der Waals surface area (Å²) in [6.45, 7) is 0.717. The maximum absolute atomic E-state index is 5.82. The second-order valence-corrected chi connectivity index (χ2v) is 8.13. The number of hydrogen-bond donors (Lipinski definition) is 1. The van der Waals surface area contributed by atoms with Crippen LogP contribution in [0.3, 0.4) is 0 Å². The lowest BCUT2D eigenvalue weighted by molar-refractivity contribution is 0.302. The molecule has 0 unspecified atom stereocenters. The van der Waals surface area contributed by atoms with E-state index in [2.05, 4.69) is 80.6 Å². The molecule has 0 radical (unpaired) electrons. The molecule has 0 bridgehead atoms. The number of nitrogens with zero attached hydrogens (tertiary/aromatic N) is 3. The summed E-state index contributed by atoms with van der Waals surface area (Å²) in [5.74, 6) is 0.836. The third-order valence-corrected chi connectivity index (χ3v) is 6.18. The van der Waals surface area contributed by atoms with Gasteiger partial charge in [0, 0.05) is 30.3 Å². The molecule has 6 heteroatoms. The van der Waals surface area contributed by atoms with Crippen LogP contribution in [0.2, 0.25) is 0 Å². The first-order valence-electron chi connectivity index (χ1n) is 10.6. The van der Waals surface area contributed by atoms with Gasteiger partial charge in [-0.25, -0.2) is 0 Å². The van der Waals surface area contributed by atoms with Crippen LogP contribution >= 0.6 is 12.2 Å². The van der Waals surface area contributed by atoms with Crippen LogP contribution in [-0.4, -0.2) is 26.7 Å². The van der Waals surface area contributed by atoms with E-state index in [9.17, 15) is 0 Å². The zero-order valence-electron chi connectivity index (χ0n) is 17.8. The van der Waals surface area contributed by atoms with Crippen molar-refractivity contribution in [3.05, 3.63) is 114 Å². The lowest BCUT2D eigenvalue weighted by atomic mass is 10.0. The molecule has 2 aromatic heterocycles. The Kier molecular flexibility index (Phi) is 5.60. The van der Waals surface area contributed by atoms with Gasteiger partial charge in [-0.2, -0.15) is 0 Å². The molecule has 3 heterocycles. The summed E-state index contributed by atoms with van der Waals surface area (Å²) < 4.78 is 7.55. The predicted molar refractivity (Wildman–Crippen MR) is 130 cm³/mol. The van der Waals surface area contributed by atoms with E-state index < -0.39 is 0 Å². The van der Waals surface area contributed by atoms with Crippen molar-refractivity contribution in [1.82, 2.24) is 19.8 Å². The zero-order valence-corrected chi connectivity index (χ0v) is 18.6. The molecular formula is C26H24N4OS. The van der Waals surface area contributed by atoms with Crippen molar-refractivity contribution in [3.63, 3.8) is 0 Å². The fourth-order valence-corrected chi connectivity index (χ4v) is 4.60. The second kappa shape index (κ2) is 8.85. The second-order valence-electron chi connectivity index (χ2n) is 7.74. The fourth-order valence-electron chi connectivity index (χ4n) is 4.29. The SMILES string of the molecule is COc1ccc(-n2cccc2[C@@H]2[C@H](c3ccccn3)NC(=S)N2Cc2ccccc2)cc1. The van der Waals surface area contributed by atoms with Crippen molar-refractivity contribution < 1.29 is 4.74 Å². The molecule has 32 heavy (non-hydrogen) atoms. The third kappa shape index (κ3) is 3.85. The highest BCUT2D eigenvalue weighted by Gasteiger charge is 2.41. The molecule has 5 nitrogen and oxygen atoms in total. The van der Waals surface area contributed by atoms with E-state index in [0.717, 1.165) is 27.9 Å². The van der Waals surface area contributed by atoms with Gasteiger partial charge < -0.3 is 19.5 Å². The minimum atomic E-state index is -0.0562. The third-order valence-electron chi connectivity index (χ3n) is 5.83. The van der Waals surface area contributed by atoms with Crippen LogP contribution in [0, 0.1) is 0 Å². The summed E-state index contributed by atoms with van der Waals surface area (Å²) in [5.41, 5.74) is 4.40. The number of aromatic nitrogens is 2. The number of ether oxygens (including phenoxy) is 1. The Morgan fingerprint density at radius 2 is 1.72 bits per heavy atom. The van der Waals surface area contributed by atoms with E-state index in [1.807, 2.05) is 36.5 Å². The van der Waals surface area contributed by atoms with Crippen molar-refractivity contribution >= 4 is 17.3 Å². The number of benzene rings is 2. The van der Waals surface area contributed by atoms with Crippen molar-refractivity contribution in [2.45, 2.75) is 18.6 Å². The van der Waals surface area contributed by atoms with Crippen molar-refractivity contribution in [2.75, 3.05) is 7.11 Å². The number of thiocarbonyl (C=S) groups is 1. The molecule has 0 saturated carbocycles. The van der Waals surface area contributed by atoms with Gasteiger partial charge in [-0.15, -0.1) is 0 Å². The van der Waals surface area contributed by atoms with Gasteiger partial charge in [0.2, 0.25) is 0 Å². The van der Waals surface area contributed by atoms with Crippen LogP contribution in [-0.2, 0) is 6.54 Å². The Hall–Kier alpha value is -3.64. The number of hydrogen-bond acceptors (Lipinski definition) is 3. The van der Waals surface area contributed by atoms with Crippen molar-refractivity contribution in [3.8, 4) is 11.4 Å². The van der Waals surface area contributed by atoms with Gasteiger partial charge in [0.15, 0.2) is 5.11 Å². The first-order valence-corrected chi connectivity index (χ1v) is 11.0. The molecule has 1 fully saturated rings. The van der Waals surface area contributed by atoms with Gasteiger partial charge in [-0.05, 0) is 66.3 Å². The summed E-state index contributed by atoms with van der Waals surface area (Å²) in [5, 5.41) is 4.27.